The van der Waals surface area contributed by atoms with Gasteiger partial charge >= 0.3 is 0 Å². The van der Waals surface area contributed by atoms with E-state index in [2.05, 4.69) is 27.5 Å². The molecule has 0 bridgehead atoms. The number of hydrogen-bond acceptors (Lipinski definition) is 3. The summed E-state index contributed by atoms with van der Waals surface area (Å²) in [5, 5.41) is 7.64. The van der Waals surface area contributed by atoms with E-state index in [1.54, 1.807) is 10.7 Å². The molecule has 0 aliphatic carbocycles. The minimum Gasteiger partial charge on any atom is -0.348 e. The Bertz CT molecular complexity index is 784. The summed E-state index contributed by atoms with van der Waals surface area (Å²) >= 11 is 0. The molecule has 2 heterocycles. The van der Waals surface area contributed by atoms with Gasteiger partial charge in [0.2, 0.25) is 5.95 Å². The van der Waals surface area contributed by atoms with Crippen molar-refractivity contribution in [3.63, 3.8) is 0 Å². The Morgan fingerprint density at radius 3 is 2.64 bits per heavy atom. The first-order valence-corrected chi connectivity index (χ1v) is 7.28. The summed E-state index contributed by atoms with van der Waals surface area (Å²) in [6.07, 6.45) is 2.23. The molecule has 1 aliphatic rings. The second-order valence-corrected chi connectivity index (χ2v) is 5.41. The Kier molecular flexibility index (Phi) is 3.11. The molecule has 4 nitrogen and oxygen atoms in total. The van der Waals surface area contributed by atoms with E-state index < -0.39 is 0 Å². The molecule has 0 unspecified atom stereocenters. The number of benzene rings is 2. The van der Waals surface area contributed by atoms with Crippen molar-refractivity contribution in [3.05, 3.63) is 77.9 Å². The number of hydrogen-bond donors (Lipinski definition) is 1. The van der Waals surface area contributed by atoms with Crippen molar-refractivity contribution in [2.45, 2.75) is 18.5 Å². The van der Waals surface area contributed by atoms with Crippen LogP contribution in [0.2, 0.25) is 0 Å². The molecule has 0 saturated heterocycles. The van der Waals surface area contributed by atoms with Gasteiger partial charge in [0, 0.05) is 5.56 Å². The highest BCUT2D eigenvalue weighted by Crippen LogP contribution is 2.37. The van der Waals surface area contributed by atoms with Crippen LogP contribution in [-0.2, 0) is 0 Å². The van der Waals surface area contributed by atoms with Crippen LogP contribution in [0.1, 0.15) is 29.6 Å². The maximum absolute atomic E-state index is 14.2. The van der Waals surface area contributed by atoms with E-state index in [0.29, 0.717) is 11.5 Å². The monoisotopic (exact) mass is 294 g/mol. The van der Waals surface area contributed by atoms with Gasteiger partial charge in [-0.3, -0.25) is 0 Å². The minimum atomic E-state index is -0.206. The second-order valence-electron chi connectivity index (χ2n) is 5.41. The topological polar surface area (TPSA) is 42.7 Å². The Balaban J connectivity index is 1.77. The van der Waals surface area contributed by atoms with Crippen LogP contribution < -0.4 is 5.32 Å². The highest BCUT2D eigenvalue weighted by molar-refractivity contribution is 5.38. The lowest BCUT2D eigenvalue weighted by Gasteiger charge is -2.31. The van der Waals surface area contributed by atoms with Crippen LogP contribution in [0.25, 0.3) is 0 Å². The molecule has 4 rings (SSSR count). The third kappa shape index (κ3) is 2.15. The lowest BCUT2D eigenvalue weighted by molar-refractivity contribution is 0.416. The van der Waals surface area contributed by atoms with Crippen molar-refractivity contribution in [1.82, 2.24) is 14.8 Å². The van der Waals surface area contributed by atoms with E-state index >= 15 is 0 Å². The van der Waals surface area contributed by atoms with Crippen molar-refractivity contribution in [2.24, 2.45) is 0 Å². The van der Waals surface area contributed by atoms with Gasteiger partial charge in [0.05, 0.1) is 12.1 Å². The fourth-order valence-corrected chi connectivity index (χ4v) is 3.03. The Labute approximate surface area is 127 Å². The Hall–Kier alpha value is -2.69. The van der Waals surface area contributed by atoms with E-state index in [9.17, 15) is 4.39 Å². The predicted molar refractivity (Wildman–Crippen MR) is 82.0 cm³/mol. The highest BCUT2D eigenvalue weighted by Gasteiger charge is 2.31. The van der Waals surface area contributed by atoms with E-state index in [-0.39, 0.29) is 17.9 Å². The third-order valence-corrected chi connectivity index (χ3v) is 4.10. The molecule has 22 heavy (non-hydrogen) atoms. The van der Waals surface area contributed by atoms with Gasteiger partial charge in [0.25, 0.3) is 0 Å². The van der Waals surface area contributed by atoms with Crippen LogP contribution in [0.4, 0.5) is 10.3 Å². The molecule has 110 valence electrons. The number of nitrogens with zero attached hydrogens (tertiary/aromatic N) is 3. The smallest absolute Gasteiger partial charge is 0.222 e. The van der Waals surface area contributed by atoms with Gasteiger partial charge in [-0.2, -0.15) is 10.1 Å². The molecular weight excluding hydrogens is 279 g/mol. The second kappa shape index (κ2) is 5.26. The maximum Gasteiger partial charge on any atom is 0.222 e. The van der Waals surface area contributed by atoms with Gasteiger partial charge in [-0.1, -0.05) is 48.5 Å². The standard InChI is InChI=1S/C17H15FN4/c18-14-9-5-4-8-13(14)16-10-15(12-6-2-1-3-7-12)21-17-19-11-20-22(16)17/h1-9,11,15-16H,10H2,(H,19,20,21)/t15-,16+/m1/s1. The van der Waals surface area contributed by atoms with Gasteiger partial charge in [-0.05, 0) is 18.1 Å². The van der Waals surface area contributed by atoms with E-state index in [0.717, 1.165) is 12.0 Å². The fourth-order valence-electron chi connectivity index (χ4n) is 3.03. The molecule has 1 aliphatic heterocycles. The van der Waals surface area contributed by atoms with Gasteiger partial charge in [0.15, 0.2) is 0 Å². The molecule has 3 aromatic rings. The van der Waals surface area contributed by atoms with Gasteiger partial charge < -0.3 is 5.32 Å². The van der Waals surface area contributed by atoms with Crippen LogP contribution in [0.15, 0.2) is 60.9 Å². The normalized spacial score (nSPS) is 20.2. The fraction of sp³-hybridized carbons (Fsp3) is 0.176. The Morgan fingerprint density at radius 2 is 1.82 bits per heavy atom. The number of rotatable bonds is 2. The maximum atomic E-state index is 14.2. The number of anilines is 1. The minimum absolute atomic E-state index is 0.0857. The molecule has 1 N–H and O–H groups in total. The van der Waals surface area contributed by atoms with Gasteiger partial charge in [-0.25, -0.2) is 9.07 Å². The van der Waals surface area contributed by atoms with E-state index in [1.807, 2.05) is 30.3 Å². The summed E-state index contributed by atoms with van der Waals surface area (Å²) in [5.74, 6) is 0.469. The largest absolute Gasteiger partial charge is 0.348 e. The van der Waals surface area contributed by atoms with Crippen LogP contribution in [-0.4, -0.2) is 14.8 Å². The van der Waals surface area contributed by atoms with Crippen molar-refractivity contribution in [2.75, 3.05) is 5.32 Å². The van der Waals surface area contributed by atoms with Gasteiger partial charge in [0.1, 0.15) is 12.1 Å². The van der Waals surface area contributed by atoms with Crippen LogP contribution >= 0.6 is 0 Å². The van der Waals surface area contributed by atoms with Crippen LogP contribution in [0, 0.1) is 5.82 Å². The summed E-state index contributed by atoms with van der Waals surface area (Å²) in [6, 6.07) is 16.9. The third-order valence-electron chi connectivity index (χ3n) is 4.10. The predicted octanol–water partition coefficient (Wildman–Crippen LogP) is 3.56. The zero-order valence-electron chi connectivity index (χ0n) is 11.9. The first-order valence-electron chi connectivity index (χ1n) is 7.28. The zero-order chi connectivity index (χ0) is 14.9. The van der Waals surface area contributed by atoms with Crippen molar-refractivity contribution < 1.29 is 4.39 Å². The molecule has 1 aromatic heterocycles. The van der Waals surface area contributed by atoms with E-state index in [4.69, 9.17) is 0 Å². The zero-order valence-corrected chi connectivity index (χ0v) is 11.9. The average molecular weight is 294 g/mol. The molecule has 0 amide bonds. The molecule has 5 heteroatoms. The van der Waals surface area contributed by atoms with Crippen LogP contribution in [0.3, 0.4) is 0 Å². The summed E-state index contributed by atoms with van der Waals surface area (Å²) in [4.78, 5) is 4.26. The average Bonchev–Trinajstić information content (AvgIpc) is 3.04. The SMILES string of the molecule is Fc1ccccc1[C@@H]1C[C@H](c2ccccc2)Nc2ncnn21. The molecule has 2 aromatic carbocycles. The number of aromatic nitrogens is 3. The van der Waals surface area contributed by atoms with Gasteiger partial charge in [-0.15, -0.1) is 0 Å². The number of halogens is 1. The first kappa shape index (κ1) is 13.0. The quantitative estimate of drug-likeness (QED) is 0.786. The number of fused-ring (bicyclic) bond motifs is 1. The Morgan fingerprint density at radius 1 is 1.05 bits per heavy atom. The molecule has 0 radical (unpaired) electrons. The molecule has 2 atom stereocenters. The molecule has 0 fully saturated rings. The van der Waals surface area contributed by atoms with Crippen molar-refractivity contribution >= 4 is 5.95 Å². The van der Waals surface area contributed by atoms with Crippen molar-refractivity contribution in [1.29, 1.82) is 0 Å². The lowest BCUT2D eigenvalue weighted by atomic mass is 9.93. The molecular formula is C17H15FN4. The summed E-state index contributed by atoms with van der Waals surface area (Å²) in [5.41, 5.74) is 1.81. The van der Waals surface area contributed by atoms with Crippen molar-refractivity contribution in [3.8, 4) is 0 Å². The molecule has 0 spiro atoms. The number of nitrogens with one attached hydrogen (secondary N) is 1. The van der Waals surface area contributed by atoms with Crippen LogP contribution in [0.5, 0.6) is 0 Å². The lowest BCUT2D eigenvalue weighted by Crippen LogP contribution is -2.28. The summed E-state index contributed by atoms with van der Waals surface area (Å²) in [7, 11) is 0. The van der Waals surface area contributed by atoms with E-state index in [1.165, 1.54) is 12.4 Å². The summed E-state index contributed by atoms with van der Waals surface area (Å²) in [6.45, 7) is 0. The first-order chi connectivity index (χ1) is 10.8. The highest BCUT2D eigenvalue weighted by atomic mass is 19.1. The molecule has 0 saturated carbocycles. The summed E-state index contributed by atoms with van der Waals surface area (Å²) < 4.78 is 16.0.